The summed E-state index contributed by atoms with van der Waals surface area (Å²) in [5, 5.41) is 9.73. The van der Waals surface area contributed by atoms with Crippen molar-refractivity contribution in [1.82, 2.24) is 9.80 Å². The van der Waals surface area contributed by atoms with Crippen molar-refractivity contribution in [3.63, 3.8) is 0 Å². The van der Waals surface area contributed by atoms with Crippen LogP contribution in [-0.4, -0.2) is 70.1 Å². The molecule has 1 aliphatic heterocycles. The highest BCUT2D eigenvalue weighted by atomic mass is 16.6. The number of carbonyl (C=O) groups excluding carboxylic acids is 2. The first kappa shape index (κ1) is 20.5. The van der Waals surface area contributed by atoms with E-state index in [4.69, 9.17) is 9.47 Å². The molecule has 140 valence electrons. The second-order valence-corrected chi connectivity index (χ2v) is 8.34. The van der Waals surface area contributed by atoms with Crippen molar-refractivity contribution in [3.8, 4) is 0 Å². The van der Waals surface area contributed by atoms with Crippen molar-refractivity contribution in [3.05, 3.63) is 0 Å². The summed E-state index contributed by atoms with van der Waals surface area (Å²) in [6.45, 7) is 13.6. The predicted octanol–water partition coefficient (Wildman–Crippen LogP) is 2.61. The van der Waals surface area contributed by atoms with E-state index in [0.29, 0.717) is 26.1 Å². The maximum Gasteiger partial charge on any atom is 0.410 e. The van der Waals surface area contributed by atoms with E-state index in [0.717, 1.165) is 0 Å². The zero-order chi connectivity index (χ0) is 18.7. The number of nitrogens with zero attached hydrogens (tertiary/aromatic N) is 2. The van der Waals surface area contributed by atoms with Crippen LogP contribution in [0.3, 0.4) is 0 Å². The lowest BCUT2D eigenvalue weighted by atomic mass is 10.1. The minimum absolute atomic E-state index is 0.305. The van der Waals surface area contributed by atoms with Gasteiger partial charge in [0.05, 0.1) is 12.1 Å². The van der Waals surface area contributed by atoms with Crippen molar-refractivity contribution < 1.29 is 24.2 Å². The van der Waals surface area contributed by atoms with Gasteiger partial charge in [0.15, 0.2) is 0 Å². The third-order valence-corrected chi connectivity index (χ3v) is 3.38. The molecule has 0 aromatic heterocycles. The van der Waals surface area contributed by atoms with E-state index in [-0.39, 0.29) is 6.04 Å². The zero-order valence-corrected chi connectivity index (χ0v) is 16.0. The number of hydrogen-bond donors (Lipinski definition) is 1. The minimum atomic E-state index is -0.589. The summed E-state index contributed by atoms with van der Waals surface area (Å²) in [4.78, 5) is 27.8. The maximum atomic E-state index is 12.4. The van der Waals surface area contributed by atoms with E-state index in [2.05, 4.69) is 0 Å². The second kappa shape index (κ2) is 7.59. The molecule has 1 heterocycles. The second-order valence-electron chi connectivity index (χ2n) is 8.34. The van der Waals surface area contributed by atoms with Crippen LogP contribution < -0.4 is 0 Å². The average Bonchev–Trinajstić information content (AvgIpc) is 2.33. The summed E-state index contributed by atoms with van der Waals surface area (Å²) in [6, 6.07) is -0.305. The van der Waals surface area contributed by atoms with E-state index in [9.17, 15) is 14.7 Å². The van der Waals surface area contributed by atoms with Crippen molar-refractivity contribution >= 4 is 12.2 Å². The molecule has 24 heavy (non-hydrogen) atoms. The first-order chi connectivity index (χ1) is 10.8. The molecular weight excluding hydrogens is 312 g/mol. The Balaban J connectivity index is 2.80. The Morgan fingerprint density at radius 3 is 2.00 bits per heavy atom. The summed E-state index contributed by atoms with van der Waals surface area (Å²) >= 11 is 0. The van der Waals surface area contributed by atoms with Gasteiger partial charge in [0.25, 0.3) is 0 Å². The van der Waals surface area contributed by atoms with Gasteiger partial charge in [-0.25, -0.2) is 9.59 Å². The lowest BCUT2D eigenvalue weighted by molar-refractivity contribution is -0.0211. The summed E-state index contributed by atoms with van der Waals surface area (Å²) in [6.07, 6.45) is -1.03. The van der Waals surface area contributed by atoms with Gasteiger partial charge in [-0.05, 0) is 54.9 Å². The van der Waals surface area contributed by atoms with Gasteiger partial charge < -0.3 is 24.4 Å². The molecular formula is C17H32N2O5. The molecule has 0 unspecified atom stereocenters. The fourth-order valence-electron chi connectivity index (χ4n) is 2.50. The molecule has 7 heteroatoms. The highest BCUT2D eigenvalue weighted by Gasteiger charge is 2.36. The number of carbonyl (C=O) groups is 2. The van der Waals surface area contributed by atoms with Gasteiger partial charge in [-0.2, -0.15) is 0 Å². The molecule has 1 N–H and O–H groups in total. The number of aliphatic hydroxyl groups is 1. The average molecular weight is 344 g/mol. The van der Waals surface area contributed by atoms with Gasteiger partial charge in [0, 0.05) is 19.6 Å². The molecule has 1 fully saturated rings. The maximum absolute atomic E-state index is 12.4. The van der Waals surface area contributed by atoms with Crippen LogP contribution >= 0.6 is 0 Å². The number of amides is 2. The van der Waals surface area contributed by atoms with Crippen molar-refractivity contribution in [2.24, 2.45) is 0 Å². The molecule has 2 atom stereocenters. The van der Waals surface area contributed by atoms with Gasteiger partial charge in [-0.1, -0.05) is 0 Å². The van der Waals surface area contributed by atoms with Crippen molar-refractivity contribution in [1.29, 1.82) is 0 Å². The Labute approximate surface area is 144 Å². The minimum Gasteiger partial charge on any atom is -0.444 e. The van der Waals surface area contributed by atoms with Gasteiger partial charge >= 0.3 is 12.2 Å². The number of aliphatic hydroxyl groups excluding tert-OH is 1. The summed E-state index contributed by atoms with van der Waals surface area (Å²) in [5.74, 6) is 0. The van der Waals surface area contributed by atoms with Crippen LogP contribution in [0.2, 0.25) is 0 Å². The quantitative estimate of drug-likeness (QED) is 0.833. The predicted molar refractivity (Wildman–Crippen MR) is 90.8 cm³/mol. The first-order valence-corrected chi connectivity index (χ1v) is 8.44. The Morgan fingerprint density at radius 1 is 1.04 bits per heavy atom. The Morgan fingerprint density at radius 2 is 1.54 bits per heavy atom. The van der Waals surface area contributed by atoms with Crippen LogP contribution in [0.4, 0.5) is 9.59 Å². The Bertz CT molecular complexity index is 451. The zero-order valence-electron chi connectivity index (χ0n) is 16.0. The molecule has 0 radical (unpaired) electrons. The number of piperazine rings is 1. The SMILES string of the molecule is C[C@H](O)C[C@H]1CN(C(=O)OC(C)(C)C)CCN1C(=O)OC(C)(C)C. The van der Waals surface area contributed by atoms with Crippen LogP contribution in [-0.2, 0) is 9.47 Å². The first-order valence-electron chi connectivity index (χ1n) is 8.44. The summed E-state index contributed by atoms with van der Waals surface area (Å²) in [5.41, 5.74) is -1.16. The lowest BCUT2D eigenvalue weighted by Gasteiger charge is -2.42. The molecule has 0 bridgehead atoms. The number of hydrogen-bond acceptors (Lipinski definition) is 5. The Hall–Kier alpha value is -1.50. The monoisotopic (exact) mass is 344 g/mol. The molecule has 2 amide bonds. The molecule has 0 spiro atoms. The van der Waals surface area contributed by atoms with E-state index in [1.165, 1.54) is 0 Å². The highest BCUT2D eigenvalue weighted by Crippen LogP contribution is 2.20. The summed E-state index contributed by atoms with van der Waals surface area (Å²) in [7, 11) is 0. The fraction of sp³-hybridized carbons (Fsp3) is 0.882. The number of rotatable bonds is 2. The third kappa shape index (κ3) is 6.95. The molecule has 0 aliphatic carbocycles. The van der Waals surface area contributed by atoms with Crippen molar-refractivity contribution in [2.75, 3.05) is 19.6 Å². The van der Waals surface area contributed by atoms with E-state index in [1.807, 2.05) is 41.5 Å². The molecule has 1 saturated heterocycles. The van der Waals surface area contributed by atoms with Crippen molar-refractivity contribution in [2.45, 2.75) is 78.2 Å². The van der Waals surface area contributed by atoms with E-state index in [1.54, 1.807) is 16.7 Å². The Kier molecular flexibility index (Phi) is 6.50. The molecule has 1 rings (SSSR count). The standard InChI is InChI=1S/C17H32N2O5/c1-12(20)10-13-11-18(14(21)23-16(2,3)4)8-9-19(13)15(22)24-17(5,6)7/h12-13,20H,8-11H2,1-7H3/t12-,13-/m0/s1. The van der Waals surface area contributed by atoms with Crippen LogP contribution in [0.1, 0.15) is 54.9 Å². The van der Waals surface area contributed by atoms with E-state index >= 15 is 0 Å². The van der Waals surface area contributed by atoms with Gasteiger partial charge in [0.2, 0.25) is 0 Å². The van der Waals surface area contributed by atoms with E-state index < -0.39 is 29.5 Å². The van der Waals surface area contributed by atoms with Gasteiger partial charge in [-0.3, -0.25) is 0 Å². The molecule has 1 aliphatic rings. The lowest BCUT2D eigenvalue weighted by Crippen LogP contribution is -2.58. The highest BCUT2D eigenvalue weighted by molar-refractivity contribution is 5.71. The van der Waals surface area contributed by atoms with Gasteiger partial charge in [0.1, 0.15) is 11.2 Å². The van der Waals surface area contributed by atoms with Crippen LogP contribution in [0.15, 0.2) is 0 Å². The van der Waals surface area contributed by atoms with Gasteiger partial charge in [-0.15, -0.1) is 0 Å². The van der Waals surface area contributed by atoms with Crippen LogP contribution in [0, 0.1) is 0 Å². The van der Waals surface area contributed by atoms with Crippen LogP contribution in [0.5, 0.6) is 0 Å². The summed E-state index contributed by atoms with van der Waals surface area (Å²) < 4.78 is 10.8. The number of ether oxygens (including phenoxy) is 2. The third-order valence-electron chi connectivity index (χ3n) is 3.38. The molecule has 0 aromatic rings. The topological polar surface area (TPSA) is 79.3 Å². The fourth-order valence-corrected chi connectivity index (χ4v) is 2.50. The largest absolute Gasteiger partial charge is 0.444 e. The molecule has 7 nitrogen and oxygen atoms in total. The normalized spacial score (nSPS) is 20.6. The molecule has 0 saturated carbocycles. The molecule has 0 aromatic carbocycles. The van der Waals surface area contributed by atoms with Crippen LogP contribution in [0.25, 0.3) is 0 Å². The smallest absolute Gasteiger partial charge is 0.410 e.